The van der Waals surface area contributed by atoms with Crippen molar-refractivity contribution in [2.24, 2.45) is 16.3 Å². The minimum absolute atomic E-state index is 0.00681. The van der Waals surface area contributed by atoms with Gasteiger partial charge in [-0.25, -0.2) is 0 Å². The second kappa shape index (κ2) is 6.47. The van der Waals surface area contributed by atoms with Crippen LogP contribution in [0, 0.1) is 12.3 Å². The maximum atomic E-state index is 12.8. The number of nitrogens with one attached hydrogen (secondary N) is 1. The molecule has 1 amide bonds. The molecule has 1 saturated carbocycles. The van der Waals surface area contributed by atoms with E-state index in [0.29, 0.717) is 12.8 Å². The highest BCUT2D eigenvalue weighted by atomic mass is 79.9. The zero-order valence-electron chi connectivity index (χ0n) is 12.0. The summed E-state index contributed by atoms with van der Waals surface area (Å²) in [5, 5.41) is 15.1. The summed E-state index contributed by atoms with van der Waals surface area (Å²) in [7, 11) is 0. The van der Waals surface area contributed by atoms with Crippen LogP contribution >= 0.6 is 15.9 Å². The number of nitrogens with zero attached hydrogens (tertiary/aromatic N) is 1. The SMILES string of the molecule is Cc1c(Br)cccc1NC(=O)C1(/C(N)=N/O)CCCCC1. The summed E-state index contributed by atoms with van der Waals surface area (Å²) in [4.78, 5) is 12.8. The largest absolute Gasteiger partial charge is 0.409 e. The Morgan fingerprint density at radius 2 is 2.05 bits per heavy atom. The fourth-order valence-electron chi connectivity index (χ4n) is 2.84. The van der Waals surface area contributed by atoms with E-state index in [1.807, 2.05) is 25.1 Å². The molecule has 0 spiro atoms. The van der Waals surface area contributed by atoms with Crippen molar-refractivity contribution >= 4 is 33.4 Å². The monoisotopic (exact) mass is 353 g/mol. The molecule has 0 heterocycles. The Bertz CT molecular complexity index is 566. The molecule has 0 saturated heterocycles. The van der Waals surface area contributed by atoms with Gasteiger partial charge in [-0.15, -0.1) is 0 Å². The Labute approximate surface area is 132 Å². The topological polar surface area (TPSA) is 87.7 Å². The van der Waals surface area contributed by atoms with Crippen LogP contribution in [0.15, 0.2) is 27.8 Å². The van der Waals surface area contributed by atoms with Gasteiger partial charge < -0.3 is 16.3 Å². The summed E-state index contributed by atoms with van der Waals surface area (Å²) in [5.74, 6) is -0.189. The molecule has 1 aromatic rings. The lowest BCUT2D eigenvalue weighted by molar-refractivity contribution is -0.123. The number of anilines is 1. The van der Waals surface area contributed by atoms with Crippen molar-refractivity contribution in [2.75, 3.05) is 5.32 Å². The Morgan fingerprint density at radius 1 is 1.38 bits per heavy atom. The molecule has 0 aromatic heterocycles. The third-order valence-electron chi connectivity index (χ3n) is 4.26. The number of oxime groups is 1. The number of hydrogen-bond donors (Lipinski definition) is 3. The minimum Gasteiger partial charge on any atom is -0.409 e. The van der Waals surface area contributed by atoms with Crippen molar-refractivity contribution < 1.29 is 10.0 Å². The molecule has 21 heavy (non-hydrogen) atoms. The third-order valence-corrected chi connectivity index (χ3v) is 5.11. The molecular weight excluding hydrogens is 334 g/mol. The van der Waals surface area contributed by atoms with E-state index in [9.17, 15) is 4.79 Å². The quantitative estimate of drug-likeness (QED) is 0.336. The Balaban J connectivity index is 2.29. The van der Waals surface area contributed by atoms with Gasteiger partial charge in [0.25, 0.3) is 0 Å². The van der Waals surface area contributed by atoms with E-state index < -0.39 is 5.41 Å². The van der Waals surface area contributed by atoms with E-state index in [1.54, 1.807) is 0 Å². The van der Waals surface area contributed by atoms with Crippen molar-refractivity contribution in [1.29, 1.82) is 0 Å². The molecule has 0 radical (unpaired) electrons. The lowest BCUT2D eigenvalue weighted by Crippen LogP contribution is -2.48. The van der Waals surface area contributed by atoms with Gasteiger partial charge in [0.05, 0.1) is 0 Å². The molecular formula is C15H20BrN3O2. The standard InChI is InChI=1S/C15H20BrN3O2/c1-10-11(16)6-5-7-12(10)18-14(20)15(13(17)19-21)8-3-2-4-9-15/h5-7,21H,2-4,8-9H2,1H3,(H2,17,19)(H,18,20). The number of benzene rings is 1. The van der Waals surface area contributed by atoms with E-state index in [2.05, 4.69) is 26.4 Å². The summed E-state index contributed by atoms with van der Waals surface area (Å²) in [6, 6.07) is 5.63. The number of rotatable bonds is 3. The Hall–Kier alpha value is -1.56. The number of halogens is 1. The van der Waals surface area contributed by atoms with Crippen LogP contribution < -0.4 is 11.1 Å². The van der Waals surface area contributed by atoms with Crippen LogP contribution in [0.5, 0.6) is 0 Å². The first kappa shape index (κ1) is 15.8. The molecule has 0 atom stereocenters. The second-order valence-electron chi connectivity index (χ2n) is 5.49. The summed E-state index contributed by atoms with van der Waals surface area (Å²) >= 11 is 3.45. The summed E-state index contributed by atoms with van der Waals surface area (Å²) < 4.78 is 0.932. The van der Waals surface area contributed by atoms with Gasteiger partial charge in [-0.05, 0) is 37.5 Å². The number of amides is 1. The summed E-state index contributed by atoms with van der Waals surface area (Å²) in [5.41, 5.74) is 6.63. The van der Waals surface area contributed by atoms with Crippen LogP contribution in [0.4, 0.5) is 5.69 Å². The summed E-state index contributed by atoms with van der Waals surface area (Å²) in [6.07, 6.45) is 4.11. The highest BCUT2D eigenvalue weighted by Gasteiger charge is 2.44. The molecule has 1 fully saturated rings. The molecule has 0 unspecified atom stereocenters. The molecule has 5 nitrogen and oxygen atoms in total. The van der Waals surface area contributed by atoms with Crippen LogP contribution in [0.25, 0.3) is 0 Å². The van der Waals surface area contributed by atoms with Crippen LogP contribution in [0.2, 0.25) is 0 Å². The molecule has 4 N–H and O–H groups in total. The highest BCUT2D eigenvalue weighted by molar-refractivity contribution is 9.10. The first-order valence-electron chi connectivity index (χ1n) is 7.06. The maximum absolute atomic E-state index is 12.8. The molecule has 6 heteroatoms. The van der Waals surface area contributed by atoms with Crippen LogP contribution in [0.3, 0.4) is 0 Å². The lowest BCUT2D eigenvalue weighted by atomic mass is 9.72. The van der Waals surface area contributed by atoms with Crippen LogP contribution in [-0.2, 0) is 4.79 Å². The van der Waals surface area contributed by atoms with Crippen molar-refractivity contribution in [1.82, 2.24) is 0 Å². The van der Waals surface area contributed by atoms with Crippen LogP contribution in [-0.4, -0.2) is 17.0 Å². The predicted molar refractivity (Wildman–Crippen MR) is 86.4 cm³/mol. The van der Waals surface area contributed by atoms with E-state index >= 15 is 0 Å². The van der Waals surface area contributed by atoms with E-state index in [-0.39, 0.29) is 11.7 Å². The maximum Gasteiger partial charge on any atom is 0.238 e. The predicted octanol–water partition coefficient (Wildman–Crippen LogP) is 3.39. The highest BCUT2D eigenvalue weighted by Crippen LogP contribution is 2.38. The van der Waals surface area contributed by atoms with Crippen molar-refractivity contribution in [3.05, 3.63) is 28.2 Å². The number of amidine groups is 1. The molecule has 2 rings (SSSR count). The Morgan fingerprint density at radius 3 is 2.67 bits per heavy atom. The molecule has 0 bridgehead atoms. The molecule has 0 aliphatic heterocycles. The number of hydrogen-bond acceptors (Lipinski definition) is 3. The smallest absolute Gasteiger partial charge is 0.238 e. The first-order chi connectivity index (χ1) is 10.0. The van der Waals surface area contributed by atoms with Gasteiger partial charge >= 0.3 is 0 Å². The van der Waals surface area contributed by atoms with Gasteiger partial charge in [0, 0.05) is 10.2 Å². The minimum atomic E-state index is -0.901. The average molecular weight is 354 g/mol. The average Bonchev–Trinajstić information content (AvgIpc) is 2.51. The van der Waals surface area contributed by atoms with Crippen molar-refractivity contribution in [2.45, 2.75) is 39.0 Å². The zero-order valence-corrected chi connectivity index (χ0v) is 13.6. The molecule has 1 aliphatic rings. The lowest BCUT2D eigenvalue weighted by Gasteiger charge is -2.34. The van der Waals surface area contributed by atoms with E-state index in [0.717, 1.165) is 35.0 Å². The fraction of sp³-hybridized carbons (Fsp3) is 0.467. The van der Waals surface area contributed by atoms with Crippen molar-refractivity contribution in [3.63, 3.8) is 0 Å². The third kappa shape index (κ3) is 3.05. The summed E-state index contributed by atoms with van der Waals surface area (Å²) in [6.45, 7) is 1.93. The number of nitrogens with two attached hydrogens (primary N) is 1. The van der Waals surface area contributed by atoms with Crippen LogP contribution in [0.1, 0.15) is 37.7 Å². The van der Waals surface area contributed by atoms with Crippen molar-refractivity contribution in [3.8, 4) is 0 Å². The van der Waals surface area contributed by atoms with Gasteiger partial charge in [0.2, 0.25) is 5.91 Å². The Kier molecular flexibility index (Phi) is 4.88. The molecule has 1 aliphatic carbocycles. The molecule has 1 aromatic carbocycles. The second-order valence-corrected chi connectivity index (χ2v) is 6.35. The van der Waals surface area contributed by atoms with Gasteiger partial charge in [0.1, 0.15) is 5.41 Å². The van der Waals surface area contributed by atoms with Gasteiger partial charge in [-0.1, -0.05) is 46.4 Å². The first-order valence-corrected chi connectivity index (χ1v) is 7.85. The van der Waals surface area contributed by atoms with Gasteiger partial charge in [-0.3, -0.25) is 4.79 Å². The van der Waals surface area contributed by atoms with Gasteiger partial charge in [0.15, 0.2) is 5.84 Å². The fourth-order valence-corrected chi connectivity index (χ4v) is 3.20. The number of carbonyl (C=O) groups excluding carboxylic acids is 1. The normalized spacial score (nSPS) is 18.3. The zero-order chi connectivity index (χ0) is 15.5. The molecule has 114 valence electrons. The van der Waals surface area contributed by atoms with Gasteiger partial charge in [-0.2, -0.15) is 0 Å². The van der Waals surface area contributed by atoms with E-state index in [1.165, 1.54) is 0 Å². The number of carbonyl (C=O) groups is 1. The van der Waals surface area contributed by atoms with E-state index in [4.69, 9.17) is 10.9 Å².